The van der Waals surface area contributed by atoms with Gasteiger partial charge < -0.3 is 15.0 Å². The van der Waals surface area contributed by atoms with E-state index in [9.17, 15) is 14.8 Å². The smallest absolute Gasteiger partial charge is 0.159 e. The first-order chi connectivity index (χ1) is 15.5. The van der Waals surface area contributed by atoms with Gasteiger partial charge in [0.15, 0.2) is 5.65 Å². The lowest BCUT2D eigenvalue weighted by molar-refractivity contribution is 0.368. The number of imidazole rings is 1. The van der Waals surface area contributed by atoms with E-state index in [0.717, 1.165) is 43.1 Å². The van der Waals surface area contributed by atoms with Crippen molar-refractivity contribution < 1.29 is 9.50 Å². The summed E-state index contributed by atoms with van der Waals surface area (Å²) in [6.45, 7) is 3.76. The number of fused-ring (bicyclic) bond motifs is 1. The van der Waals surface area contributed by atoms with E-state index in [4.69, 9.17) is 0 Å². The average Bonchev–Trinajstić information content (AvgIpc) is 3.38. The van der Waals surface area contributed by atoms with Gasteiger partial charge in [-0.15, -0.1) is 0 Å². The standard InChI is InChI=1S/C23H22FN7O/c1-13-20-21(19-11-31(12-27-19)14-5-7-26-8-6-14)17(10-25)22(28-23(20)30(2)29-13)16-4-3-15(32)9-18(16)24/h3-4,9,11-12,14,26,32H,5-8H2,1-2H3. The number of nitrogens with one attached hydrogen (secondary N) is 1. The predicted octanol–water partition coefficient (Wildman–Crippen LogP) is 3.45. The molecular weight excluding hydrogens is 409 g/mol. The van der Waals surface area contributed by atoms with Crippen LogP contribution in [0.2, 0.25) is 0 Å². The third-order valence-corrected chi connectivity index (χ3v) is 6.05. The number of nitrogens with zero attached hydrogens (tertiary/aromatic N) is 6. The Bertz CT molecular complexity index is 1380. The normalized spacial score (nSPS) is 14.7. The van der Waals surface area contributed by atoms with E-state index >= 15 is 0 Å². The highest BCUT2D eigenvalue weighted by Crippen LogP contribution is 2.38. The maximum Gasteiger partial charge on any atom is 0.159 e. The minimum absolute atomic E-state index is 0.138. The number of phenolic OH excluding ortho intramolecular Hbond substituents is 1. The summed E-state index contributed by atoms with van der Waals surface area (Å²) in [5.74, 6) is -0.846. The van der Waals surface area contributed by atoms with Crippen LogP contribution in [0, 0.1) is 24.1 Å². The second-order valence-electron chi connectivity index (χ2n) is 8.08. The molecule has 3 aromatic heterocycles. The van der Waals surface area contributed by atoms with Gasteiger partial charge in [0.25, 0.3) is 0 Å². The summed E-state index contributed by atoms with van der Waals surface area (Å²) in [5, 5.41) is 28.4. The molecule has 2 N–H and O–H groups in total. The van der Waals surface area contributed by atoms with Crippen molar-refractivity contribution in [3.05, 3.63) is 47.8 Å². The van der Waals surface area contributed by atoms with E-state index in [1.165, 1.54) is 12.1 Å². The molecule has 0 atom stereocenters. The van der Waals surface area contributed by atoms with E-state index in [1.807, 2.05) is 13.1 Å². The zero-order valence-corrected chi connectivity index (χ0v) is 17.8. The van der Waals surface area contributed by atoms with Gasteiger partial charge in [-0.25, -0.2) is 14.4 Å². The number of phenols is 1. The molecule has 0 unspecified atom stereocenters. The van der Waals surface area contributed by atoms with Gasteiger partial charge in [0, 0.05) is 36.5 Å². The van der Waals surface area contributed by atoms with Crippen LogP contribution in [-0.2, 0) is 7.05 Å². The fourth-order valence-electron chi connectivity index (χ4n) is 4.50. The zero-order valence-electron chi connectivity index (χ0n) is 17.8. The molecule has 5 rings (SSSR count). The molecule has 1 aromatic carbocycles. The van der Waals surface area contributed by atoms with Gasteiger partial charge in [0.2, 0.25) is 0 Å². The number of halogens is 1. The number of nitriles is 1. The lowest BCUT2D eigenvalue weighted by atomic mass is 9.96. The molecule has 162 valence electrons. The molecular formula is C23H22FN7O. The van der Waals surface area contributed by atoms with Crippen LogP contribution in [0.4, 0.5) is 4.39 Å². The number of pyridine rings is 1. The third kappa shape index (κ3) is 3.20. The zero-order chi connectivity index (χ0) is 22.4. The van der Waals surface area contributed by atoms with E-state index in [0.29, 0.717) is 22.9 Å². The molecule has 0 spiro atoms. The molecule has 1 aliphatic rings. The number of aromatic nitrogens is 5. The molecule has 4 aromatic rings. The van der Waals surface area contributed by atoms with E-state index in [2.05, 4.69) is 31.0 Å². The second kappa shape index (κ2) is 7.73. The van der Waals surface area contributed by atoms with Crippen LogP contribution in [0.15, 0.2) is 30.7 Å². The van der Waals surface area contributed by atoms with Gasteiger partial charge in [0.1, 0.15) is 17.6 Å². The Balaban J connectivity index is 1.78. The quantitative estimate of drug-likeness (QED) is 0.515. The van der Waals surface area contributed by atoms with Crippen molar-refractivity contribution in [1.82, 2.24) is 29.6 Å². The van der Waals surface area contributed by atoms with Crippen LogP contribution >= 0.6 is 0 Å². The summed E-state index contributed by atoms with van der Waals surface area (Å²) >= 11 is 0. The SMILES string of the molecule is Cc1nn(C)c2nc(-c3ccc(O)cc3F)c(C#N)c(-c3cn(C4CCNCC4)cn3)c12. The number of hydrogen-bond acceptors (Lipinski definition) is 6. The van der Waals surface area contributed by atoms with Crippen molar-refractivity contribution in [2.75, 3.05) is 13.1 Å². The first-order valence-electron chi connectivity index (χ1n) is 10.5. The Morgan fingerprint density at radius 2 is 2.06 bits per heavy atom. The summed E-state index contributed by atoms with van der Waals surface area (Å²) < 4.78 is 18.5. The fourth-order valence-corrected chi connectivity index (χ4v) is 4.50. The summed E-state index contributed by atoms with van der Waals surface area (Å²) in [6.07, 6.45) is 5.76. The Kier molecular flexibility index (Phi) is 4.87. The van der Waals surface area contributed by atoms with Crippen LogP contribution in [0.3, 0.4) is 0 Å². The fraction of sp³-hybridized carbons (Fsp3) is 0.304. The third-order valence-electron chi connectivity index (χ3n) is 6.05. The molecule has 0 amide bonds. The molecule has 1 fully saturated rings. The summed E-state index contributed by atoms with van der Waals surface area (Å²) in [6, 6.07) is 6.40. The van der Waals surface area contributed by atoms with Crippen LogP contribution in [-0.4, -0.2) is 42.5 Å². The first kappa shape index (κ1) is 20.2. The van der Waals surface area contributed by atoms with Gasteiger partial charge in [-0.05, 0) is 45.0 Å². The van der Waals surface area contributed by atoms with Crippen molar-refractivity contribution in [3.63, 3.8) is 0 Å². The Morgan fingerprint density at radius 1 is 1.28 bits per heavy atom. The van der Waals surface area contributed by atoms with Gasteiger partial charge in [-0.1, -0.05) is 0 Å². The molecule has 4 heterocycles. The minimum atomic E-state index is -0.654. The first-order valence-corrected chi connectivity index (χ1v) is 10.5. The van der Waals surface area contributed by atoms with Crippen LogP contribution in [0.1, 0.15) is 30.1 Å². The maximum atomic E-state index is 14.8. The molecule has 0 aliphatic carbocycles. The van der Waals surface area contributed by atoms with Crippen molar-refractivity contribution in [2.24, 2.45) is 7.05 Å². The van der Waals surface area contributed by atoms with Gasteiger partial charge in [0.05, 0.1) is 34.4 Å². The Morgan fingerprint density at radius 3 is 2.78 bits per heavy atom. The molecule has 0 bridgehead atoms. The van der Waals surface area contributed by atoms with Crippen LogP contribution < -0.4 is 5.32 Å². The molecule has 0 saturated carbocycles. The summed E-state index contributed by atoms with van der Waals surface area (Å²) in [7, 11) is 1.77. The number of piperidine rings is 1. The van der Waals surface area contributed by atoms with Gasteiger partial charge in [-0.3, -0.25) is 4.68 Å². The Labute approximate surface area is 184 Å². The van der Waals surface area contributed by atoms with Gasteiger partial charge in [-0.2, -0.15) is 10.4 Å². The highest BCUT2D eigenvalue weighted by atomic mass is 19.1. The molecule has 9 heteroatoms. The van der Waals surface area contributed by atoms with Crippen molar-refractivity contribution in [3.8, 4) is 34.3 Å². The van der Waals surface area contributed by atoms with Crippen molar-refractivity contribution >= 4 is 11.0 Å². The highest BCUT2D eigenvalue weighted by Gasteiger charge is 2.25. The second-order valence-corrected chi connectivity index (χ2v) is 8.08. The summed E-state index contributed by atoms with van der Waals surface area (Å²) in [4.78, 5) is 9.26. The lowest BCUT2D eigenvalue weighted by Crippen LogP contribution is -2.28. The maximum absolute atomic E-state index is 14.8. The van der Waals surface area contributed by atoms with E-state index in [-0.39, 0.29) is 22.6 Å². The van der Waals surface area contributed by atoms with Crippen molar-refractivity contribution in [2.45, 2.75) is 25.8 Å². The highest BCUT2D eigenvalue weighted by molar-refractivity contribution is 6.00. The Hall–Kier alpha value is -3.77. The number of hydrogen-bond donors (Lipinski definition) is 2. The number of aromatic hydroxyl groups is 1. The van der Waals surface area contributed by atoms with Crippen molar-refractivity contribution in [1.29, 1.82) is 5.26 Å². The van der Waals surface area contributed by atoms with E-state index in [1.54, 1.807) is 18.1 Å². The summed E-state index contributed by atoms with van der Waals surface area (Å²) in [5.41, 5.74) is 3.05. The molecule has 8 nitrogen and oxygen atoms in total. The largest absolute Gasteiger partial charge is 0.508 e. The predicted molar refractivity (Wildman–Crippen MR) is 117 cm³/mol. The minimum Gasteiger partial charge on any atom is -0.508 e. The van der Waals surface area contributed by atoms with E-state index < -0.39 is 5.82 Å². The number of benzene rings is 1. The van der Waals surface area contributed by atoms with Crippen LogP contribution in [0.5, 0.6) is 5.75 Å². The lowest BCUT2D eigenvalue weighted by Gasteiger charge is -2.23. The number of aryl methyl sites for hydroxylation is 2. The van der Waals surface area contributed by atoms with Crippen LogP contribution in [0.25, 0.3) is 33.5 Å². The van der Waals surface area contributed by atoms with Gasteiger partial charge >= 0.3 is 0 Å². The average molecular weight is 431 g/mol. The molecule has 1 aliphatic heterocycles. The number of rotatable bonds is 3. The topological polar surface area (TPSA) is 105 Å². The molecule has 0 radical (unpaired) electrons. The molecule has 32 heavy (non-hydrogen) atoms. The molecule has 1 saturated heterocycles. The monoisotopic (exact) mass is 431 g/mol.